The maximum absolute atomic E-state index is 11.8. The zero-order valence-electron chi connectivity index (χ0n) is 9.79. The lowest BCUT2D eigenvalue weighted by Crippen LogP contribution is -2.23. The van der Waals surface area contributed by atoms with Gasteiger partial charge >= 0.3 is 0 Å². The molecule has 3 rings (SSSR count). The van der Waals surface area contributed by atoms with Crippen LogP contribution in [0.4, 0.5) is 0 Å². The summed E-state index contributed by atoms with van der Waals surface area (Å²) in [5.41, 5.74) is 0.355. The van der Waals surface area contributed by atoms with Crippen LogP contribution >= 0.6 is 34.5 Å². The molecule has 0 bridgehead atoms. The molecule has 0 saturated heterocycles. The highest BCUT2D eigenvalue weighted by Gasteiger charge is 2.13. The summed E-state index contributed by atoms with van der Waals surface area (Å²) in [6.07, 6.45) is 1.29. The van der Waals surface area contributed by atoms with Gasteiger partial charge in [-0.2, -0.15) is 21.4 Å². The third kappa shape index (κ3) is 2.47. The lowest BCUT2D eigenvalue weighted by Gasteiger charge is -2.01. The van der Waals surface area contributed by atoms with Gasteiger partial charge in [-0.25, -0.2) is 4.68 Å². The highest BCUT2D eigenvalue weighted by atomic mass is 35.5. The van der Waals surface area contributed by atoms with Crippen molar-refractivity contribution in [3.8, 4) is 11.4 Å². The van der Waals surface area contributed by atoms with Crippen LogP contribution in [0.25, 0.3) is 11.4 Å². The molecule has 0 N–H and O–H groups in total. The Labute approximate surface area is 126 Å². The van der Waals surface area contributed by atoms with Crippen LogP contribution in [-0.4, -0.2) is 19.9 Å². The summed E-state index contributed by atoms with van der Waals surface area (Å²) in [5, 5.41) is 11.5. The van der Waals surface area contributed by atoms with Crippen molar-refractivity contribution in [2.75, 3.05) is 0 Å². The molecule has 0 atom stereocenters. The van der Waals surface area contributed by atoms with E-state index in [-0.39, 0.29) is 22.5 Å². The van der Waals surface area contributed by atoms with Gasteiger partial charge in [-0.1, -0.05) is 28.4 Å². The first kappa shape index (κ1) is 13.3. The second-order valence-corrected chi connectivity index (χ2v) is 5.36. The molecular weight excluding hydrogens is 323 g/mol. The first-order valence-electron chi connectivity index (χ1n) is 5.41. The van der Waals surface area contributed by atoms with E-state index in [1.54, 1.807) is 0 Å². The van der Waals surface area contributed by atoms with Crippen molar-refractivity contribution in [3.05, 3.63) is 49.3 Å². The molecule has 0 radical (unpaired) electrons. The van der Waals surface area contributed by atoms with Gasteiger partial charge < -0.3 is 4.52 Å². The zero-order chi connectivity index (χ0) is 14.1. The molecule has 0 aliphatic heterocycles. The quantitative estimate of drug-likeness (QED) is 0.739. The van der Waals surface area contributed by atoms with Crippen molar-refractivity contribution >= 4 is 34.5 Å². The molecule has 0 aliphatic rings. The van der Waals surface area contributed by atoms with E-state index >= 15 is 0 Å². The average Bonchev–Trinajstić information content (AvgIpc) is 3.10. The number of halogens is 2. The molecule has 3 aromatic heterocycles. The van der Waals surface area contributed by atoms with Crippen molar-refractivity contribution in [1.29, 1.82) is 0 Å². The van der Waals surface area contributed by atoms with Crippen molar-refractivity contribution in [3.63, 3.8) is 0 Å². The van der Waals surface area contributed by atoms with Crippen molar-refractivity contribution in [1.82, 2.24) is 19.9 Å². The molecule has 0 saturated carbocycles. The van der Waals surface area contributed by atoms with Crippen molar-refractivity contribution in [2.45, 2.75) is 6.54 Å². The topological polar surface area (TPSA) is 73.8 Å². The molecule has 102 valence electrons. The first-order chi connectivity index (χ1) is 9.65. The zero-order valence-corrected chi connectivity index (χ0v) is 12.1. The summed E-state index contributed by atoms with van der Waals surface area (Å²) >= 11 is 13.0. The highest BCUT2D eigenvalue weighted by Crippen LogP contribution is 2.19. The summed E-state index contributed by atoms with van der Waals surface area (Å²) < 4.78 is 6.20. The number of hydrogen-bond donors (Lipinski definition) is 0. The molecule has 0 amide bonds. The van der Waals surface area contributed by atoms with Gasteiger partial charge in [0.1, 0.15) is 11.6 Å². The standard InChI is InChI=1S/C11H6Cl2N4O2S/c12-7-3-14-17(11(18)9(7)13)4-8-15-10(16-19-8)6-1-2-20-5-6/h1-3,5H,4H2. The first-order valence-corrected chi connectivity index (χ1v) is 7.11. The van der Waals surface area contributed by atoms with Crippen LogP contribution < -0.4 is 5.56 Å². The predicted octanol–water partition coefficient (Wildman–Crippen LogP) is 2.71. The largest absolute Gasteiger partial charge is 0.337 e. The maximum Gasteiger partial charge on any atom is 0.287 e. The fraction of sp³-hybridized carbons (Fsp3) is 0.0909. The summed E-state index contributed by atoms with van der Waals surface area (Å²) in [7, 11) is 0. The van der Waals surface area contributed by atoms with Crippen molar-refractivity contribution in [2.24, 2.45) is 0 Å². The minimum Gasteiger partial charge on any atom is -0.337 e. The van der Waals surface area contributed by atoms with Crippen LogP contribution in [0, 0.1) is 0 Å². The minimum absolute atomic E-state index is 0.0346. The number of hydrogen-bond acceptors (Lipinski definition) is 6. The Morgan fingerprint density at radius 2 is 2.25 bits per heavy atom. The Morgan fingerprint density at radius 1 is 1.40 bits per heavy atom. The maximum atomic E-state index is 11.8. The van der Waals surface area contributed by atoms with E-state index in [0.29, 0.717) is 5.82 Å². The molecule has 0 unspecified atom stereocenters. The molecule has 20 heavy (non-hydrogen) atoms. The molecule has 0 aromatic carbocycles. The molecule has 9 heteroatoms. The lowest BCUT2D eigenvalue weighted by atomic mass is 10.3. The van der Waals surface area contributed by atoms with Crippen LogP contribution in [-0.2, 0) is 6.54 Å². The Morgan fingerprint density at radius 3 is 3.00 bits per heavy atom. The average molecular weight is 329 g/mol. The molecule has 3 aromatic rings. The fourth-order valence-corrected chi connectivity index (χ4v) is 2.42. The van der Waals surface area contributed by atoms with E-state index in [2.05, 4.69) is 15.2 Å². The molecule has 0 spiro atoms. The number of thiophene rings is 1. The second kappa shape index (κ2) is 5.35. The van der Waals surface area contributed by atoms with E-state index in [1.807, 2.05) is 16.8 Å². The van der Waals surface area contributed by atoms with Gasteiger partial charge in [0.05, 0.1) is 11.2 Å². The van der Waals surface area contributed by atoms with Crippen LogP contribution in [0.3, 0.4) is 0 Å². The summed E-state index contributed by atoms with van der Waals surface area (Å²) in [6.45, 7) is 0.0346. The van der Waals surface area contributed by atoms with Gasteiger partial charge in [0.25, 0.3) is 5.56 Å². The molecule has 6 nitrogen and oxygen atoms in total. The number of aromatic nitrogens is 4. The van der Waals surface area contributed by atoms with E-state index in [9.17, 15) is 4.79 Å². The summed E-state index contributed by atoms with van der Waals surface area (Å²) in [5.74, 6) is 0.730. The second-order valence-electron chi connectivity index (χ2n) is 3.79. The van der Waals surface area contributed by atoms with Gasteiger partial charge in [-0.3, -0.25) is 4.79 Å². The third-order valence-electron chi connectivity index (χ3n) is 2.47. The Kier molecular flexibility index (Phi) is 3.56. The van der Waals surface area contributed by atoms with Gasteiger partial charge in [-0.05, 0) is 11.4 Å². The van der Waals surface area contributed by atoms with Gasteiger partial charge in [0, 0.05) is 10.9 Å². The normalized spacial score (nSPS) is 10.9. The SMILES string of the molecule is O=c1c(Cl)c(Cl)cnn1Cc1nc(-c2ccsc2)no1. The van der Waals surface area contributed by atoms with Crippen LogP contribution in [0.2, 0.25) is 10.0 Å². The summed E-state index contributed by atoms with van der Waals surface area (Å²) in [6, 6.07) is 1.88. The van der Waals surface area contributed by atoms with E-state index in [1.165, 1.54) is 17.5 Å². The number of rotatable bonds is 3. The fourth-order valence-electron chi connectivity index (χ4n) is 1.51. The van der Waals surface area contributed by atoms with Crippen LogP contribution in [0.15, 0.2) is 32.3 Å². The number of nitrogens with zero attached hydrogens (tertiary/aromatic N) is 4. The van der Waals surface area contributed by atoms with Crippen LogP contribution in [0.1, 0.15) is 5.89 Å². The van der Waals surface area contributed by atoms with Crippen LogP contribution in [0.5, 0.6) is 0 Å². The molecule has 0 aliphatic carbocycles. The monoisotopic (exact) mass is 328 g/mol. The Bertz CT molecular complexity index is 797. The predicted molar refractivity (Wildman–Crippen MR) is 75.2 cm³/mol. The lowest BCUT2D eigenvalue weighted by molar-refractivity contribution is 0.363. The van der Waals surface area contributed by atoms with E-state index in [4.69, 9.17) is 27.7 Å². The minimum atomic E-state index is -0.505. The molecular formula is C11H6Cl2N4O2S. The van der Waals surface area contributed by atoms with Crippen molar-refractivity contribution < 1.29 is 4.52 Å². The third-order valence-corrected chi connectivity index (χ3v) is 3.91. The Balaban J connectivity index is 1.89. The van der Waals surface area contributed by atoms with E-state index in [0.717, 1.165) is 10.2 Å². The smallest absolute Gasteiger partial charge is 0.287 e. The van der Waals surface area contributed by atoms with Gasteiger partial charge in [-0.15, -0.1) is 0 Å². The molecule has 0 fully saturated rings. The Hall–Kier alpha value is -1.70. The summed E-state index contributed by atoms with van der Waals surface area (Å²) in [4.78, 5) is 16.0. The molecule has 3 heterocycles. The van der Waals surface area contributed by atoms with Gasteiger partial charge in [0.15, 0.2) is 0 Å². The van der Waals surface area contributed by atoms with Gasteiger partial charge in [0.2, 0.25) is 11.7 Å². The van der Waals surface area contributed by atoms with E-state index < -0.39 is 5.56 Å². The highest BCUT2D eigenvalue weighted by molar-refractivity contribution is 7.08.